The quantitative estimate of drug-likeness (QED) is 0.160. The lowest BCUT2D eigenvalue weighted by Crippen LogP contribution is -2.13. The number of unbranched alkanes of at least 4 members (excludes halogenated alkanes) is 14. The summed E-state index contributed by atoms with van der Waals surface area (Å²) in [6.45, 7) is 5.88. The first-order valence-corrected chi connectivity index (χ1v) is 10.2. The molecular weight excluding hydrogens is 300 g/mol. The zero-order chi connectivity index (χ0) is 17.9. The average Bonchev–Trinajstić information content (AvgIpc) is 2.56. The summed E-state index contributed by atoms with van der Waals surface area (Å²) in [6, 6.07) is 0. The van der Waals surface area contributed by atoms with Gasteiger partial charge in [0.2, 0.25) is 0 Å². The van der Waals surface area contributed by atoms with E-state index in [1.54, 1.807) is 6.08 Å². The van der Waals surface area contributed by atoms with Gasteiger partial charge in [0.25, 0.3) is 0 Å². The van der Waals surface area contributed by atoms with Gasteiger partial charge >= 0.3 is 6.16 Å². The highest BCUT2D eigenvalue weighted by Gasteiger charge is 2.08. The zero-order valence-corrected chi connectivity index (χ0v) is 15.9. The van der Waals surface area contributed by atoms with E-state index in [4.69, 9.17) is 9.84 Å². The van der Waals surface area contributed by atoms with Gasteiger partial charge in [-0.25, -0.2) is 4.79 Å². The molecule has 1 atom stereocenters. The molecule has 0 aromatic carbocycles. The minimum absolute atomic E-state index is 0.343. The predicted octanol–water partition coefficient (Wildman–Crippen LogP) is 7.50. The fourth-order valence-electron chi connectivity index (χ4n) is 3.07. The predicted molar refractivity (Wildman–Crippen MR) is 103 cm³/mol. The monoisotopic (exact) mass is 340 g/mol. The lowest BCUT2D eigenvalue weighted by molar-refractivity contribution is 0.0654. The van der Waals surface area contributed by atoms with E-state index in [2.05, 4.69) is 13.5 Å². The summed E-state index contributed by atoms with van der Waals surface area (Å²) >= 11 is 0. The topological polar surface area (TPSA) is 46.5 Å². The maximum atomic E-state index is 10.5. The third-order valence-electron chi connectivity index (χ3n) is 4.61. The molecule has 0 amide bonds. The number of rotatable bonds is 18. The van der Waals surface area contributed by atoms with Crippen molar-refractivity contribution in [2.45, 2.75) is 116 Å². The van der Waals surface area contributed by atoms with Crippen LogP contribution < -0.4 is 0 Å². The first-order valence-electron chi connectivity index (χ1n) is 10.2. The van der Waals surface area contributed by atoms with Crippen LogP contribution in [0.1, 0.15) is 110 Å². The molecule has 0 bridgehead atoms. The second-order valence-corrected chi connectivity index (χ2v) is 6.90. The molecule has 0 aliphatic rings. The molecule has 0 radical (unpaired) electrons. The first kappa shape index (κ1) is 23.0. The van der Waals surface area contributed by atoms with Crippen molar-refractivity contribution in [3.8, 4) is 0 Å². The van der Waals surface area contributed by atoms with Crippen molar-refractivity contribution < 1.29 is 14.6 Å². The van der Waals surface area contributed by atoms with Crippen LogP contribution in [0.15, 0.2) is 12.7 Å². The van der Waals surface area contributed by atoms with Crippen molar-refractivity contribution in [1.82, 2.24) is 0 Å². The Morgan fingerprint density at radius 2 is 1.21 bits per heavy atom. The van der Waals surface area contributed by atoms with Gasteiger partial charge in [-0.05, 0) is 12.8 Å². The summed E-state index contributed by atoms with van der Waals surface area (Å²) < 4.78 is 4.72. The minimum Gasteiger partial charge on any atom is -0.450 e. The molecular formula is C21H40O3. The second-order valence-electron chi connectivity index (χ2n) is 6.90. The van der Waals surface area contributed by atoms with Gasteiger partial charge in [0.05, 0.1) is 0 Å². The van der Waals surface area contributed by atoms with Gasteiger partial charge in [0.15, 0.2) is 0 Å². The molecule has 0 spiro atoms. The summed E-state index contributed by atoms with van der Waals surface area (Å²) in [4.78, 5) is 10.5. The largest absolute Gasteiger partial charge is 0.506 e. The van der Waals surface area contributed by atoms with Gasteiger partial charge < -0.3 is 9.84 Å². The summed E-state index contributed by atoms with van der Waals surface area (Å²) in [5.74, 6) is 0. The van der Waals surface area contributed by atoms with Crippen LogP contribution in [-0.4, -0.2) is 17.4 Å². The van der Waals surface area contributed by atoms with Crippen LogP contribution >= 0.6 is 0 Å². The van der Waals surface area contributed by atoms with Crippen molar-refractivity contribution in [2.24, 2.45) is 0 Å². The molecule has 3 heteroatoms. The first-order chi connectivity index (χ1) is 11.7. The number of carbonyl (C=O) groups is 1. The highest BCUT2D eigenvalue weighted by Crippen LogP contribution is 2.14. The van der Waals surface area contributed by atoms with Crippen LogP contribution in [0.3, 0.4) is 0 Å². The van der Waals surface area contributed by atoms with Gasteiger partial charge in [0.1, 0.15) is 6.10 Å². The maximum absolute atomic E-state index is 10.5. The number of ether oxygens (including phenoxy) is 1. The number of carboxylic acid groups (broad SMARTS) is 1. The average molecular weight is 341 g/mol. The lowest BCUT2D eigenvalue weighted by Gasteiger charge is -2.10. The molecule has 1 N–H and O–H groups in total. The molecule has 0 aromatic rings. The van der Waals surface area contributed by atoms with E-state index >= 15 is 0 Å². The fourth-order valence-corrected chi connectivity index (χ4v) is 3.07. The Hall–Kier alpha value is -0.990. The van der Waals surface area contributed by atoms with Gasteiger partial charge in [0, 0.05) is 0 Å². The van der Waals surface area contributed by atoms with Gasteiger partial charge in [-0.3, -0.25) is 0 Å². The fraction of sp³-hybridized carbons (Fsp3) is 0.857. The maximum Gasteiger partial charge on any atom is 0.506 e. The van der Waals surface area contributed by atoms with Crippen molar-refractivity contribution in [2.75, 3.05) is 0 Å². The highest BCUT2D eigenvalue weighted by molar-refractivity contribution is 5.57. The summed E-state index contributed by atoms with van der Waals surface area (Å²) in [5, 5.41) is 8.57. The van der Waals surface area contributed by atoms with Crippen LogP contribution in [0, 0.1) is 0 Å². The van der Waals surface area contributed by atoms with E-state index < -0.39 is 6.16 Å². The molecule has 24 heavy (non-hydrogen) atoms. The summed E-state index contributed by atoms with van der Waals surface area (Å²) in [6.07, 6.45) is 20.9. The molecule has 0 heterocycles. The van der Waals surface area contributed by atoms with E-state index in [0.29, 0.717) is 0 Å². The van der Waals surface area contributed by atoms with E-state index in [-0.39, 0.29) is 6.10 Å². The third-order valence-corrected chi connectivity index (χ3v) is 4.61. The second kappa shape index (κ2) is 18.4. The SMILES string of the molecule is C=CC(CCCCCCCCCCCCCCCCC)OC(=O)O. The Kier molecular flexibility index (Phi) is 17.6. The van der Waals surface area contributed by atoms with Crippen molar-refractivity contribution >= 4 is 6.16 Å². The van der Waals surface area contributed by atoms with Gasteiger partial charge in [-0.15, -0.1) is 0 Å². The molecule has 0 aromatic heterocycles. The van der Waals surface area contributed by atoms with Crippen molar-refractivity contribution in [3.05, 3.63) is 12.7 Å². The van der Waals surface area contributed by atoms with Crippen molar-refractivity contribution in [3.63, 3.8) is 0 Å². The van der Waals surface area contributed by atoms with Crippen LogP contribution in [0.2, 0.25) is 0 Å². The minimum atomic E-state index is -1.21. The van der Waals surface area contributed by atoms with Gasteiger partial charge in [-0.2, -0.15) is 0 Å². The van der Waals surface area contributed by atoms with Crippen LogP contribution in [0.4, 0.5) is 4.79 Å². The van der Waals surface area contributed by atoms with E-state index in [9.17, 15) is 4.79 Å². The Balaban J connectivity index is 3.17. The molecule has 0 fully saturated rings. The molecule has 142 valence electrons. The highest BCUT2D eigenvalue weighted by atomic mass is 16.7. The molecule has 0 saturated heterocycles. The third kappa shape index (κ3) is 17.4. The van der Waals surface area contributed by atoms with E-state index in [1.807, 2.05) is 0 Å². The lowest BCUT2D eigenvalue weighted by atomic mass is 10.0. The Morgan fingerprint density at radius 3 is 1.54 bits per heavy atom. The standard InChI is InChI=1S/C21H40O3/c1-3-5-6-7-8-9-10-11-12-13-14-15-16-17-18-19-20(4-2)24-21(22)23/h4,20H,2-3,5-19H2,1H3,(H,22,23). The molecule has 0 aliphatic carbocycles. The van der Waals surface area contributed by atoms with Crippen LogP contribution in [0.25, 0.3) is 0 Å². The van der Waals surface area contributed by atoms with Crippen LogP contribution in [-0.2, 0) is 4.74 Å². The van der Waals surface area contributed by atoms with Crippen LogP contribution in [0.5, 0.6) is 0 Å². The normalized spacial score (nSPS) is 12.0. The molecule has 1 unspecified atom stereocenters. The van der Waals surface area contributed by atoms with E-state index in [0.717, 1.165) is 19.3 Å². The van der Waals surface area contributed by atoms with Gasteiger partial charge in [-0.1, -0.05) is 109 Å². The molecule has 0 aliphatic heterocycles. The molecule has 3 nitrogen and oxygen atoms in total. The smallest absolute Gasteiger partial charge is 0.450 e. The van der Waals surface area contributed by atoms with E-state index in [1.165, 1.54) is 83.5 Å². The van der Waals surface area contributed by atoms with Crippen molar-refractivity contribution in [1.29, 1.82) is 0 Å². The Morgan fingerprint density at radius 1 is 0.833 bits per heavy atom. The number of hydrogen-bond donors (Lipinski definition) is 1. The molecule has 0 saturated carbocycles. The Bertz CT molecular complexity index is 289. The Labute approximate surface area is 149 Å². The zero-order valence-electron chi connectivity index (χ0n) is 15.9. The summed E-state index contributed by atoms with van der Waals surface area (Å²) in [5.41, 5.74) is 0. The summed E-state index contributed by atoms with van der Waals surface area (Å²) in [7, 11) is 0. The molecule has 0 rings (SSSR count). The number of hydrogen-bond acceptors (Lipinski definition) is 2.